The lowest BCUT2D eigenvalue weighted by Crippen LogP contribution is -2.30. The van der Waals surface area contributed by atoms with Crippen LogP contribution in [0.25, 0.3) is 0 Å². The molecule has 0 unspecified atom stereocenters. The second-order valence-electron chi connectivity index (χ2n) is 6.99. The van der Waals surface area contributed by atoms with Gasteiger partial charge in [0.05, 0.1) is 16.6 Å². The van der Waals surface area contributed by atoms with Crippen molar-refractivity contribution >= 4 is 10.0 Å². The zero-order valence-electron chi connectivity index (χ0n) is 14.6. The second kappa shape index (κ2) is 6.57. The van der Waals surface area contributed by atoms with Crippen molar-refractivity contribution in [1.29, 1.82) is 0 Å². The predicted octanol–water partition coefficient (Wildman–Crippen LogP) is 3.64. The summed E-state index contributed by atoms with van der Waals surface area (Å²) in [6.45, 7) is 2.55. The van der Waals surface area contributed by atoms with Crippen LogP contribution in [0.5, 0.6) is 0 Å². The molecule has 1 aliphatic heterocycles. The average molecular weight is 360 g/mol. The molecule has 6 heteroatoms. The monoisotopic (exact) mass is 360 g/mol. The summed E-state index contributed by atoms with van der Waals surface area (Å²) >= 11 is 0. The van der Waals surface area contributed by atoms with E-state index in [0.717, 1.165) is 44.2 Å². The Hall–Kier alpha value is -1.66. The van der Waals surface area contributed by atoms with Crippen LogP contribution in [0.1, 0.15) is 61.2 Å². The first-order valence-corrected chi connectivity index (χ1v) is 10.6. The van der Waals surface area contributed by atoms with E-state index in [2.05, 4.69) is 5.16 Å². The second-order valence-corrected chi connectivity index (χ2v) is 8.88. The van der Waals surface area contributed by atoms with E-state index in [4.69, 9.17) is 4.52 Å². The van der Waals surface area contributed by atoms with E-state index in [-0.39, 0.29) is 6.04 Å². The fourth-order valence-corrected chi connectivity index (χ4v) is 5.69. The standard InChI is InChI=1S/C19H24N2O3S/c1-2-16-13-19(24-20-16)18-8-5-11-21(18)25(22,23)17-10-9-14-6-3-4-7-15(14)12-17/h9-10,12-13,18H,2-8,11H2,1H3/t18-/m1/s1. The third kappa shape index (κ3) is 3.02. The molecule has 1 saturated heterocycles. The molecule has 1 aromatic heterocycles. The zero-order valence-corrected chi connectivity index (χ0v) is 15.4. The summed E-state index contributed by atoms with van der Waals surface area (Å²) in [5.41, 5.74) is 3.36. The Labute approximate surface area is 149 Å². The van der Waals surface area contributed by atoms with Gasteiger partial charge in [0.2, 0.25) is 10.0 Å². The Morgan fingerprint density at radius 3 is 2.72 bits per heavy atom. The summed E-state index contributed by atoms with van der Waals surface area (Å²) in [6, 6.07) is 7.31. The van der Waals surface area contributed by atoms with Crippen molar-refractivity contribution in [3.8, 4) is 0 Å². The smallest absolute Gasteiger partial charge is 0.243 e. The number of sulfonamides is 1. The molecule has 1 aliphatic carbocycles. The zero-order chi connectivity index (χ0) is 17.4. The number of hydrogen-bond acceptors (Lipinski definition) is 4. The van der Waals surface area contributed by atoms with E-state index in [0.29, 0.717) is 17.2 Å². The Morgan fingerprint density at radius 2 is 1.96 bits per heavy atom. The van der Waals surface area contributed by atoms with Crippen LogP contribution in [0.15, 0.2) is 33.7 Å². The molecule has 0 saturated carbocycles. The van der Waals surface area contributed by atoms with Gasteiger partial charge in [0.1, 0.15) is 0 Å². The summed E-state index contributed by atoms with van der Waals surface area (Å²) in [6.07, 6.45) is 6.77. The number of aromatic nitrogens is 1. The highest BCUT2D eigenvalue weighted by atomic mass is 32.2. The van der Waals surface area contributed by atoms with Crippen molar-refractivity contribution in [3.63, 3.8) is 0 Å². The van der Waals surface area contributed by atoms with Crippen LogP contribution in [0, 0.1) is 0 Å². The molecule has 0 amide bonds. The molecule has 1 fully saturated rings. The van der Waals surface area contributed by atoms with E-state index >= 15 is 0 Å². The van der Waals surface area contributed by atoms with Crippen LogP contribution in [0.4, 0.5) is 0 Å². The Morgan fingerprint density at radius 1 is 1.16 bits per heavy atom. The fourth-order valence-electron chi connectivity index (χ4n) is 3.97. The molecule has 2 aliphatic rings. The van der Waals surface area contributed by atoms with Gasteiger partial charge in [-0.15, -0.1) is 0 Å². The maximum atomic E-state index is 13.2. The Bertz CT molecular complexity index is 873. The highest BCUT2D eigenvalue weighted by Crippen LogP contribution is 2.37. The number of fused-ring (bicyclic) bond motifs is 1. The molecule has 0 N–H and O–H groups in total. The lowest BCUT2D eigenvalue weighted by molar-refractivity contribution is 0.296. The maximum Gasteiger partial charge on any atom is 0.243 e. The molecule has 2 heterocycles. The average Bonchev–Trinajstić information content (AvgIpc) is 3.30. The van der Waals surface area contributed by atoms with Crippen LogP contribution < -0.4 is 0 Å². The predicted molar refractivity (Wildman–Crippen MR) is 94.8 cm³/mol. The van der Waals surface area contributed by atoms with E-state index in [1.54, 1.807) is 10.4 Å². The van der Waals surface area contributed by atoms with Crippen LogP contribution in [0.2, 0.25) is 0 Å². The largest absolute Gasteiger partial charge is 0.359 e. The summed E-state index contributed by atoms with van der Waals surface area (Å²) in [5, 5.41) is 4.03. The lowest BCUT2D eigenvalue weighted by Gasteiger charge is -2.23. The molecule has 25 heavy (non-hydrogen) atoms. The third-order valence-corrected chi connectivity index (χ3v) is 7.30. The normalized spacial score (nSPS) is 21.4. The maximum absolute atomic E-state index is 13.2. The quantitative estimate of drug-likeness (QED) is 0.835. The van der Waals surface area contributed by atoms with E-state index in [1.165, 1.54) is 17.5 Å². The summed E-state index contributed by atoms with van der Waals surface area (Å²) in [7, 11) is -3.52. The molecule has 5 nitrogen and oxygen atoms in total. The first-order chi connectivity index (χ1) is 12.1. The molecule has 4 rings (SSSR count). The fraction of sp³-hybridized carbons (Fsp3) is 0.526. The molecule has 2 aromatic rings. The minimum atomic E-state index is -3.52. The van der Waals surface area contributed by atoms with Crippen molar-refractivity contribution in [2.45, 2.75) is 62.8 Å². The van der Waals surface area contributed by atoms with E-state index in [1.807, 2.05) is 25.1 Å². The molecule has 134 valence electrons. The molecular formula is C19H24N2O3S. The van der Waals surface area contributed by atoms with Crippen LogP contribution in [-0.4, -0.2) is 24.4 Å². The van der Waals surface area contributed by atoms with E-state index < -0.39 is 10.0 Å². The number of benzene rings is 1. The van der Waals surface area contributed by atoms with Gasteiger partial charge in [-0.3, -0.25) is 0 Å². The first kappa shape index (κ1) is 16.8. The SMILES string of the molecule is CCc1cc([C@H]2CCCN2S(=O)(=O)c2ccc3c(c2)CCCC3)on1. The van der Waals surface area contributed by atoms with Gasteiger partial charge in [-0.1, -0.05) is 18.1 Å². The molecule has 1 atom stereocenters. The van der Waals surface area contributed by atoms with Crippen molar-refractivity contribution in [2.75, 3.05) is 6.54 Å². The topological polar surface area (TPSA) is 63.4 Å². The van der Waals surface area contributed by atoms with Gasteiger partial charge >= 0.3 is 0 Å². The minimum absolute atomic E-state index is 0.242. The van der Waals surface area contributed by atoms with Crippen molar-refractivity contribution in [2.24, 2.45) is 0 Å². The van der Waals surface area contributed by atoms with Gasteiger partial charge in [-0.25, -0.2) is 8.42 Å². The summed E-state index contributed by atoms with van der Waals surface area (Å²) < 4.78 is 33.5. The number of nitrogens with zero attached hydrogens (tertiary/aromatic N) is 2. The molecule has 0 radical (unpaired) electrons. The van der Waals surface area contributed by atoms with Gasteiger partial charge in [-0.05, 0) is 68.2 Å². The van der Waals surface area contributed by atoms with Crippen molar-refractivity contribution in [3.05, 3.63) is 46.8 Å². The van der Waals surface area contributed by atoms with E-state index in [9.17, 15) is 8.42 Å². The van der Waals surface area contributed by atoms with Crippen LogP contribution in [0.3, 0.4) is 0 Å². The van der Waals surface area contributed by atoms with Crippen molar-refractivity contribution < 1.29 is 12.9 Å². The minimum Gasteiger partial charge on any atom is -0.359 e. The molecule has 0 spiro atoms. The highest BCUT2D eigenvalue weighted by Gasteiger charge is 2.38. The van der Waals surface area contributed by atoms with Crippen LogP contribution >= 0.6 is 0 Å². The third-order valence-electron chi connectivity index (χ3n) is 5.40. The number of hydrogen-bond donors (Lipinski definition) is 0. The Kier molecular flexibility index (Phi) is 4.41. The van der Waals surface area contributed by atoms with Gasteiger partial charge < -0.3 is 4.52 Å². The van der Waals surface area contributed by atoms with Gasteiger partial charge in [0.25, 0.3) is 0 Å². The first-order valence-electron chi connectivity index (χ1n) is 9.18. The van der Waals surface area contributed by atoms with Crippen LogP contribution in [-0.2, 0) is 29.3 Å². The Balaban J connectivity index is 1.66. The van der Waals surface area contributed by atoms with Crippen molar-refractivity contribution in [1.82, 2.24) is 9.46 Å². The molecule has 0 bridgehead atoms. The molecule has 1 aromatic carbocycles. The summed E-state index contributed by atoms with van der Waals surface area (Å²) in [4.78, 5) is 0.412. The highest BCUT2D eigenvalue weighted by molar-refractivity contribution is 7.89. The number of aryl methyl sites for hydroxylation is 3. The van der Waals surface area contributed by atoms with Gasteiger partial charge in [-0.2, -0.15) is 4.31 Å². The number of rotatable bonds is 4. The van der Waals surface area contributed by atoms with Gasteiger partial charge in [0, 0.05) is 12.6 Å². The lowest BCUT2D eigenvalue weighted by atomic mass is 9.92. The summed E-state index contributed by atoms with van der Waals surface area (Å²) in [5.74, 6) is 0.663. The van der Waals surface area contributed by atoms with Gasteiger partial charge in [0.15, 0.2) is 5.76 Å². The molecular weight excluding hydrogens is 336 g/mol.